The lowest BCUT2D eigenvalue weighted by Gasteiger charge is -2.09. The molecule has 7 nitrogen and oxygen atoms in total. The van der Waals surface area contributed by atoms with E-state index >= 15 is 0 Å². The van der Waals surface area contributed by atoms with Gasteiger partial charge in [-0.3, -0.25) is 9.20 Å². The van der Waals surface area contributed by atoms with Crippen LogP contribution in [0.5, 0.6) is 0 Å². The maximum Gasteiger partial charge on any atom is 0.272 e. The molecule has 0 unspecified atom stereocenters. The molecule has 0 aliphatic rings. The fraction of sp³-hybridized carbons (Fsp3) is 0.400. The van der Waals surface area contributed by atoms with Gasteiger partial charge in [-0.1, -0.05) is 6.07 Å². The zero-order chi connectivity index (χ0) is 19.4. The molecule has 3 aromatic rings. The fourth-order valence-electron chi connectivity index (χ4n) is 2.91. The van der Waals surface area contributed by atoms with Crippen LogP contribution in [0.2, 0.25) is 0 Å². The minimum atomic E-state index is -0.140. The van der Waals surface area contributed by atoms with Crippen LogP contribution in [0.3, 0.4) is 0 Å². The summed E-state index contributed by atoms with van der Waals surface area (Å²) in [6.45, 7) is 3.26. The van der Waals surface area contributed by atoms with E-state index in [0.717, 1.165) is 36.5 Å². The number of amides is 1. The Kier molecular flexibility index (Phi) is 5.93. The Bertz CT molecular complexity index is 908. The van der Waals surface area contributed by atoms with Gasteiger partial charge in [0.2, 0.25) is 0 Å². The second kappa shape index (κ2) is 8.37. The molecule has 1 N–H and O–H groups in total. The average molecular weight is 368 g/mol. The number of nitrogens with one attached hydrogen (secondary N) is 1. The van der Waals surface area contributed by atoms with Crippen LogP contribution in [0.1, 0.15) is 10.5 Å². The van der Waals surface area contributed by atoms with Gasteiger partial charge >= 0.3 is 0 Å². The topological polar surface area (TPSA) is 57.8 Å². The summed E-state index contributed by atoms with van der Waals surface area (Å²) in [6.07, 6.45) is 6.09. The molecular formula is C20H28N6O. The SMILES string of the molecule is CN(C)CCNC(=O)c1nc(-c2ccn(CCN(C)C)c2)n2ccccc12. The molecule has 3 aromatic heterocycles. The summed E-state index contributed by atoms with van der Waals surface area (Å²) >= 11 is 0. The molecule has 0 aliphatic heterocycles. The molecule has 144 valence electrons. The predicted molar refractivity (Wildman–Crippen MR) is 108 cm³/mol. The number of hydrogen-bond donors (Lipinski definition) is 1. The van der Waals surface area contributed by atoms with Gasteiger partial charge in [-0.15, -0.1) is 0 Å². The number of carbonyl (C=O) groups excluding carboxylic acids is 1. The fourth-order valence-corrected chi connectivity index (χ4v) is 2.91. The van der Waals surface area contributed by atoms with Gasteiger partial charge in [0.1, 0.15) is 5.82 Å². The Morgan fingerprint density at radius 1 is 1.07 bits per heavy atom. The lowest BCUT2D eigenvalue weighted by atomic mass is 10.3. The Morgan fingerprint density at radius 2 is 1.85 bits per heavy atom. The molecule has 0 radical (unpaired) electrons. The molecule has 3 rings (SSSR count). The van der Waals surface area contributed by atoms with E-state index in [1.54, 1.807) is 0 Å². The van der Waals surface area contributed by atoms with Crippen molar-refractivity contribution in [2.75, 3.05) is 47.8 Å². The number of likely N-dealkylation sites (N-methyl/N-ethyl adjacent to an activating group) is 2. The van der Waals surface area contributed by atoms with Crippen LogP contribution in [-0.4, -0.2) is 77.5 Å². The Balaban J connectivity index is 1.87. The van der Waals surface area contributed by atoms with Crippen molar-refractivity contribution in [1.82, 2.24) is 29.1 Å². The molecular weight excluding hydrogens is 340 g/mol. The van der Waals surface area contributed by atoms with E-state index < -0.39 is 0 Å². The third-order valence-corrected chi connectivity index (χ3v) is 4.42. The van der Waals surface area contributed by atoms with E-state index in [1.165, 1.54) is 0 Å². The average Bonchev–Trinajstić information content (AvgIpc) is 3.24. The number of pyridine rings is 1. The van der Waals surface area contributed by atoms with Gasteiger partial charge < -0.3 is 19.7 Å². The van der Waals surface area contributed by atoms with Gasteiger partial charge in [-0.25, -0.2) is 4.98 Å². The number of fused-ring (bicyclic) bond motifs is 1. The Hall–Kier alpha value is -2.64. The van der Waals surface area contributed by atoms with Gasteiger partial charge in [-0.2, -0.15) is 0 Å². The van der Waals surface area contributed by atoms with Crippen molar-refractivity contribution < 1.29 is 4.79 Å². The number of rotatable bonds is 8. The van der Waals surface area contributed by atoms with Crippen molar-refractivity contribution in [3.63, 3.8) is 0 Å². The number of hydrogen-bond acceptors (Lipinski definition) is 4. The van der Waals surface area contributed by atoms with Gasteiger partial charge in [0.15, 0.2) is 5.69 Å². The van der Waals surface area contributed by atoms with Crippen molar-refractivity contribution in [2.45, 2.75) is 6.54 Å². The molecule has 7 heteroatoms. The first-order valence-corrected chi connectivity index (χ1v) is 9.16. The first-order valence-electron chi connectivity index (χ1n) is 9.16. The number of aromatic nitrogens is 3. The summed E-state index contributed by atoms with van der Waals surface area (Å²) < 4.78 is 4.13. The smallest absolute Gasteiger partial charge is 0.272 e. The summed E-state index contributed by atoms with van der Waals surface area (Å²) in [5, 5.41) is 2.96. The standard InChI is InChI=1S/C20H28N6O/c1-23(2)12-9-21-20(27)18-17-7-5-6-10-26(17)19(22-18)16-8-11-25(15-16)14-13-24(3)4/h5-8,10-11,15H,9,12-14H2,1-4H3,(H,21,27). The van der Waals surface area contributed by atoms with Crippen LogP contribution in [0, 0.1) is 0 Å². The van der Waals surface area contributed by atoms with E-state index in [4.69, 9.17) is 0 Å². The molecule has 3 heterocycles. The molecule has 0 saturated heterocycles. The largest absolute Gasteiger partial charge is 0.352 e. The molecule has 0 fully saturated rings. The molecule has 0 atom stereocenters. The Morgan fingerprint density at radius 3 is 2.59 bits per heavy atom. The second-order valence-corrected chi connectivity index (χ2v) is 7.24. The van der Waals surface area contributed by atoms with Crippen molar-refractivity contribution >= 4 is 11.4 Å². The minimum Gasteiger partial charge on any atom is -0.352 e. The lowest BCUT2D eigenvalue weighted by Crippen LogP contribution is -2.31. The number of nitrogens with zero attached hydrogens (tertiary/aromatic N) is 5. The summed E-state index contributed by atoms with van der Waals surface area (Å²) in [4.78, 5) is 21.5. The number of carbonyl (C=O) groups is 1. The monoisotopic (exact) mass is 368 g/mol. The molecule has 0 spiro atoms. The van der Waals surface area contributed by atoms with Crippen LogP contribution in [0.25, 0.3) is 16.9 Å². The molecule has 0 saturated carbocycles. The summed E-state index contributed by atoms with van der Waals surface area (Å²) in [5.74, 6) is 0.644. The van der Waals surface area contributed by atoms with Crippen LogP contribution in [0.4, 0.5) is 0 Å². The highest BCUT2D eigenvalue weighted by Gasteiger charge is 2.18. The maximum absolute atomic E-state index is 12.7. The lowest BCUT2D eigenvalue weighted by molar-refractivity contribution is 0.0948. The summed E-state index contributed by atoms with van der Waals surface area (Å²) in [6, 6.07) is 7.86. The highest BCUT2D eigenvalue weighted by atomic mass is 16.1. The second-order valence-electron chi connectivity index (χ2n) is 7.24. The molecule has 0 aliphatic carbocycles. The van der Waals surface area contributed by atoms with Gasteiger partial charge in [0, 0.05) is 50.3 Å². The zero-order valence-corrected chi connectivity index (χ0v) is 16.5. The highest BCUT2D eigenvalue weighted by molar-refractivity contribution is 6.00. The van der Waals surface area contributed by atoms with Crippen molar-refractivity contribution in [3.05, 3.63) is 48.5 Å². The Labute approximate surface area is 160 Å². The third-order valence-electron chi connectivity index (χ3n) is 4.42. The van der Waals surface area contributed by atoms with Gasteiger partial charge in [-0.05, 0) is 46.4 Å². The summed E-state index contributed by atoms with van der Waals surface area (Å²) in [7, 11) is 8.09. The molecule has 1 amide bonds. The van der Waals surface area contributed by atoms with Gasteiger partial charge in [0.25, 0.3) is 5.91 Å². The highest BCUT2D eigenvalue weighted by Crippen LogP contribution is 2.23. The first kappa shape index (κ1) is 19.1. The van der Waals surface area contributed by atoms with E-state index in [1.807, 2.05) is 53.9 Å². The van der Waals surface area contributed by atoms with Crippen LogP contribution < -0.4 is 5.32 Å². The molecule has 0 aromatic carbocycles. The quantitative estimate of drug-likeness (QED) is 0.657. The molecule has 27 heavy (non-hydrogen) atoms. The predicted octanol–water partition coefficient (Wildman–Crippen LogP) is 1.66. The third kappa shape index (κ3) is 4.56. The minimum absolute atomic E-state index is 0.140. The van der Waals surface area contributed by atoms with E-state index in [2.05, 4.69) is 46.3 Å². The molecule has 0 bridgehead atoms. The van der Waals surface area contributed by atoms with Crippen LogP contribution in [-0.2, 0) is 6.54 Å². The van der Waals surface area contributed by atoms with Gasteiger partial charge in [0.05, 0.1) is 5.52 Å². The zero-order valence-electron chi connectivity index (χ0n) is 16.5. The van der Waals surface area contributed by atoms with E-state index in [9.17, 15) is 4.79 Å². The first-order chi connectivity index (χ1) is 13.0. The van der Waals surface area contributed by atoms with E-state index in [0.29, 0.717) is 12.2 Å². The number of imidazole rings is 1. The van der Waals surface area contributed by atoms with Crippen LogP contribution in [0.15, 0.2) is 42.9 Å². The normalized spacial score (nSPS) is 11.6. The maximum atomic E-state index is 12.7. The van der Waals surface area contributed by atoms with Crippen molar-refractivity contribution in [1.29, 1.82) is 0 Å². The van der Waals surface area contributed by atoms with Crippen LogP contribution >= 0.6 is 0 Å². The summed E-state index contributed by atoms with van der Waals surface area (Å²) in [5.41, 5.74) is 2.28. The van der Waals surface area contributed by atoms with Crippen molar-refractivity contribution in [3.8, 4) is 11.4 Å². The van der Waals surface area contributed by atoms with Crippen molar-refractivity contribution in [2.24, 2.45) is 0 Å². The van der Waals surface area contributed by atoms with E-state index in [-0.39, 0.29) is 5.91 Å².